The van der Waals surface area contributed by atoms with E-state index in [0.717, 1.165) is 59.2 Å². The summed E-state index contributed by atoms with van der Waals surface area (Å²) in [6.07, 6.45) is 10.0. The van der Waals surface area contributed by atoms with Gasteiger partial charge in [-0.15, -0.1) is 5.11 Å². The summed E-state index contributed by atoms with van der Waals surface area (Å²) in [5.41, 5.74) is 12.8. The van der Waals surface area contributed by atoms with E-state index in [1.54, 1.807) is 19.0 Å². The second kappa shape index (κ2) is 12.7. The van der Waals surface area contributed by atoms with Gasteiger partial charge in [0.1, 0.15) is 0 Å². The lowest BCUT2D eigenvalue weighted by molar-refractivity contribution is 0.0827. The standard InChI is InChI=1S/C31H47N7O/c1-20(22(3)37(4)5)17-24-13-14-25-18-26(29(39)38(6)7)15-16-27(25)31(21(24)2,30(33)35-36-34)19-28(32)23-11-9-8-10-12-23/h15-18,23,28H,3,8-14,19,32H2,1-2,4-7H3,(H3,33,34,35)/b20-17+. The van der Waals surface area contributed by atoms with Crippen molar-refractivity contribution in [3.63, 3.8) is 0 Å². The number of carbonyl (C=O) groups is 1. The predicted molar refractivity (Wildman–Crippen MR) is 160 cm³/mol. The van der Waals surface area contributed by atoms with Crippen molar-refractivity contribution in [3.05, 3.63) is 70.0 Å². The molecule has 2 unspecified atom stereocenters. The van der Waals surface area contributed by atoms with E-state index in [4.69, 9.17) is 11.6 Å². The van der Waals surface area contributed by atoms with Crippen molar-refractivity contribution < 1.29 is 4.79 Å². The lowest BCUT2D eigenvalue weighted by Crippen LogP contribution is -2.45. The van der Waals surface area contributed by atoms with Gasteiger partial charge in [0.2, 0.25) is 0 Å². The van der Waals surface area contributed by atoms with Crippen LogP contribution in [0.15, 0.2) is 63.6 Å². The summed E-state index contributed by atoms with van der Waals surface area (Å²) in [5, 5.41) is 17.0. The zero-order valence-corrected chi connectivity index (χ0v) is 24.7. The number of amides is 1. The minimum absolute atomic E-state index is 0.0498. The molecule has 5 N–H and O–H groups in total. The Labute approximate surface area is 234 Å². The number of allylic oxidation sites excluding steroid dienone is 3. The van der Waals surface area contributed by atoms with Gasteiger partial charge in [-0.25, -0.2) is 0 Å². The fraction of sp³-hybridized carbons (Fsp3) is 0.548. The Balaban J connectivity index is 2.29. The molecule has 1 aromatic rings. The van der Waals surface area contributed by atoms with Crippen LogP contribution < -0.4 is 11.6 Å². The van der Waals surface area contributed by atoms with E-state index in [1.165, 1.54) is 19.3 Å². The van der Waals surface area contributed by atoms with E-state index in [1.807, 2.05) is 37.2 Å². The smallest absolute Gasteiger partial charge is 0.253 e. The summed E-state index contributed by atoms with van der Waals surface area (Å²) >= 11 is 0. The maximum atomic E-state index is 12.9. The topological polar surface area (TPSA) is 124 Å². The average Bonchev–Trinajstić information content (AvgIpc) is 3.03. The van der Waals surface area contributed by atoms with Crippen LogP contribution in [0, 0.1) is 11.3 Å². The van der Waals surface area contributed by atoms with Gasteiger partial charge in [0, 0.05) is 45.5 Å². The molecule has 0 aliphatic heterocycles. The number of hydrogen-bond acceptors (Lipinski definition) is 5. The molecule has 8 heteroatoms. The summed E-state index contributed by atoms with van der Waals surface area (Å²) in [5.74, 6) is 5.97. The van der Waals surface area contributed by atoms with Gasteiger partial charge in [0.15, 0.2) is 5.84 Å². The van der Waals surface area contributed by atoms with E-state index in [9.17, 15) is 10.2 Å². The third-order valence-electron chi connectivity index (χ3n) is 8.75. The van der Waals surface area contributed by atoms with Crippen LogP contribution in [0.5, 0.6) is 0 Å². The van der Waals surface area contributed by atoms with E-state index in [2.05, 4.69) is 36.8 Å². The highest BCUT2D eigenvalue weighted by molar-refractivity contribution is 5.97. The molecule has 0 spiro atoms. The second-order valence-electron chi connectivity index (χ2n) is 11.6. The largest absolute Gasteiger partial charge is 0.378 e. The molecule has 39 heavy (non-hydrogen) atoms. The minimum atomic E-state index is -0.920. The molecule has 8 nitrogen and oxygen atoms in total. The minimum Gasteiger partial charge on any atom is -0.378 e. The van der Waals surface area contributed by atoms with Gasteiger partial charge in [-0.2, -0.15) is 0 Å². The molecule has 212 valence electrons. The zero-order valence-electron chi connectivity index (χ0n) is 24.7. The van der Waals surface area contributed by atoms with Crippen molar-refractivity contribution in [1.82, 2.24) is 9.80 Å². The second-order valence-corrected chi connectivity index (χ2v) is 11.6. The highest BCUT2D eigenvalue weighted by Crippen LogP contribution is 2.47. The Morgan fingerprint density at radius 1 is 1.18 bits per heavy atom. The molecular formula is C31H47N7O. The van der Waals surface area contributed by atoms with Crippen LogP contribution in [0.2, 0.25) is 0 Å². The van der Waals surface area contributed by atoms with E-state index in [-0.39, 0.29) is 17.8 Å². The number of amidine groups is 1. The van der Waals surface area contributed by atoms with E-state index < -0.39 is 5.41 Å². The molecule has 0 heterocycles. The molecule has 2 aliphatic rings. The molecule has 2 aliphatic carbocycles. The van der Waals surface area contributed by atoms with Gasteiger partial charge in [-0.1, -0.05) is 48.8 Å². The maximum Gasteiger partial charge on any atom is 0.253 e. The number of hydrogen-bond donors (Lipinski definition) is 3. The van der Waals surface area contributed by atoms with Gasteiger partial charge in [0.05, 0.1) is 5.41 Å². The van der Waals surface area contributed by atoms with Crippen LogP contribution in [-0.4, -0.2) is 55.8 Å². The summed E-state index contributed by atoms with van der Waals surface area (Å²) in [6.45, 7) is 8.41. The normalized spacial score (nSPS) is 21.4. The van der Waals surface area contributed by atoms with Crippen molar-refractivity contribution >= 4 is 11.7 Å². The van der Waals surface area contributed by atoms with Gasteiger partial charge in [0.25, 0.3) is 5.91 Å². The van der Waals surface area contributed by atoms with Crippen molar-refractivity contribution in [3.8, 4) is 0 Å². The first-order valence-corrected chi connectivity index (χ1v) is 14.0. The molecule has 1 saturated carbocycles. The SMILES string of the molecule is C=C(/C(C)=C/C1=C(C)C(CC(N)C2CCCCC2)(C(=N)N=NN)c2ccc(C(=O)N(C)C)cc2CC1)N(C)C. The van der Waals surface area contributed by atoms with Gasteiger partial charge < -0.3 is 21.4 Å². The third-order valence-corrected chi connectivity index (χ3v) is 8.75. The lowest BCUT2D eigenvalue weighted by atomic mass is 9.65. The van der Waals surface area contributed by atoms with Gasteiger partial charge in [-0.3, -0.25) is 10.2 Å². The number of nitrogens with two attached hydrogens (primary N) is 2. The lowest BCUT2D eigenvalue weighted by Gasteiger charge is -2.40. The number of rotatable bonds is 8. The third kappa shape index (κ3) is 6.32. The molecule has 2 atom stereocenters. The van der Waals surface area contributed by atoms with E-state index >= 15 is 0 Å². The summed E-state index contributed by atoms with van der Waals surface area (Å²) in [4.78, 5) is 16.5. The van der Waals surface area contributed by atoms with Crippen LogP contribution in [0.4, 0.5) is 0 Å². The quantitative estimate of drug-likeness (QED) is 0.102. The monoisotopic (exact) mass is 533 g/mol. The first-order chi connectivity index (χ1) is 18.4. The van der Waals surface area contributed by atoms with E-state index in [0.29, 0.717) is 17.9 Å². The van der Waals surface area contributed by atoms with Crippen molar-refractivity contribution in [2.45, 2.75) is 76.7 Å². The Morgan fingerprint density at radius 3 is 2.44 bits per heavy atom. The number of fused-ring (bicyclic) bond motifs is 1. The number of carbonyl (C=O) groups excluding carboxylic acids is 1. The molecule has 0 saturated heterocycles. The number of nitrogens with one attached hydrogen (secondary N) is 1. The zero-order chi connectivity index (χ0) is 28.9. The van der Waals surface area contributed by atoms with Crippen molar-refractivity contribution in [1.29, 1.82) is 5.41 Å². The van der Waals surface area contributed by atoms with Crippen LogP contribution in [-0.2, 0) is 11.8 Å². The maximum absolute atomic E-state index is 12.9. The van der Waals surface area contributed by atoms with Crippen molar-refractivity contribution in [2.24, 2.45) is 27.8 Å². The highest BCUT2D eigenvalue weighted by atomic mass is 16.2. The van der Waals surface area contributed by atoms with Crippen LogP contribution in [0.25, 0.3) is 0 Å². The fourth-order valence-corrected chi connectivity index (χ4v) is 6.31. The Bertz CT molecular complexity index is 1190. The fourth-order valence-electron chi connectivity index (χ4n) is 6.31. The number of benzene rings is 1. The van der Waals surface area contributed by atoms with Gasteiger partial charge >= 0.3 is 0 Å². The van der Waals surface area contributed by atoms with Crippen LogP contribution >= 0.6 is 0 Å². The number of aryl methyl sites for hydroxylation is 1. The first-order valence-electron chi connectivity index (χ1n) is 14.0. The molecule has 0 aromatic heterocycles. The van der Waals surface area contributed by atoms with Crippen LogP contribution in [0.3, 0.4) is 0 Å². The average molecular weight is 534 g/mol. The Kier molecular flexibility index (Phi) is 9.88. The molecule has 0 bridgehead atoms. The first kappa shape index (κ1) is 30.3. The summed E-state index contributed by atoms with van der Waals surface area (Å²) in [6, 6.07) is 5.73. The number of nitrogens with zero attached hydrogens (tertiary/aromatic N) is 4. The predicted octanol–water partition coefficient (Wildman–Crippen LogP) is 5.51. The number of likely N-dealkylation sites (N-methyl/N-ethyl adjacent to an activating group) is 1. The molecule has 1 fully saturated rings. The molecular weight excluding hydrogens is 486 g/mol. The molecule has 0 radical (unpaired) electrons. The molecule has 1 amide bonds. The highest BCUT2D eigenvalue weighted by Gasteiger charge is 2.45. The Morgan fingerprint density at radius 2 is 1.85 bits per heavy atom. The summed E-state index contributed by atoms with van der Waals surface area (Å²) < 4.78 is 0. The Hall–Kier alpha value is -3.26. The summed E-state index contributed by atoms with van der Waals surface area (Å²) in [7, 11) is 7.48. The molecule has 1 aromatic carbocycles. The van der Waals surface area contributed by atoms with Crippen LogP contribution in [0.1, 0.15) is 80.3 Å². The van der Waals surface area contributed by atoms with Crippen molar-refractivity contribution in [2.75, 3.05) is 28.2 Å². The molecule has 3 rings (SSSR count). The van der Waals surface area contributed by atoms with Gasteiger partial charge in [-0.05, 0) is 86.3 Å².